The maximum absolute atomic E-state index is 10.0. The van der Waals surface area contributed by atoms with E-state index in [0.29, 0.717) is 11.0 Å². The quantitative estimate of drug-likeness (QED) is 0.636. The van der Waals surface area contributed by atoms with Gasteiger partial charge in [0.25, 0.3) is 0 Å². The average molecular weight is 408 g/mol. The molecule has 0 aliphatic carbocycles. The van der Waals surface area contributed by atoms with Crippen LogP contribution in [0.1, 0.15) is 5.56 Å². The molecule has 3 aromatic rings. The predicted molar refractivity (Wildman–Crippen MR) is 92.6 cm³/mol. The van der Waals surface area contributed by atoms with E-state index in [2.05, 4.69) is 42.2 Å². The summed E-state index contributed by atoms with van der Waals surface area (Å²) in [7, 11) is 0. The molecule has 0 radical (unpaired) electrons. The highest BCUT2D eigenvalue weighted by Gasteiger charge is 2.06. The van der Waals surface area contributed by atoms with Crippen LogP contribution in [0, 0.1) is 0 Å². The van der Waals surface area contributed by atoms with Gasteiger partial charge in [-0.25, -0.2) is 0 Å². The number of halogens is 2. The van der Waals surface area contributed by atoms with Crippen molar-refractivity contribution in [3.8, 4) is 5.75 Å². The predicted octanol–water partition coefficient (Wildman–Crippen LogP) is 5.08. The molecule has 106 valence electrons. The Hall–Kier alpha value is -1.59. The van der Waals surface area contributed by atoms with Crippen molar-refractivity contribution in [3.63, 3.8) is 0 Å². The second kappa shape index (κ2) is 6.03. The summed E-state index contributed by atoms with van der Waals surface area (Å²) in [6.45, 7) is 0.530. The van der Waals surface area contributed by atoms with Crippen LogP contribution >= 0.6 is 31.9 Å². The fourth-order valence-corrected chi connectivity index (χ4v) is 2.93. The van der Waals surface area contributed by atoms with E-state index in [-0.39, 0.29) is 5.75 Å². The number of nitrogens with one attached hydrogen (secondary N) is 1. The van der Waals surface area contributed by atoms with Gasteiger partial charge in [-0.3, -0.25) is 4.98 Å². The molecule has 0 saturated carbocycles. The Bertz CT molecular complexity index is 805. The lowest BCUT2D eigenvalue weighted by Crippen LogP contribution is -2.01. The third-order valence-electron chi connectivity index (χ3n) is 3.22. The van der Waals surface area contributed by atoms with Crippen molar-refractivity contribution in [2.24, 2.45) is 0 Å². The van der Waals surface area contributed by atoms with Gasteiger partial charge in [0.15, 0.2) is 0 Å². The number of nitrogens with zero attached hydrogens (tertiary/aromatic N) is 1. The van der Waals surface area contributed by atoms with Crippen LogP contribution in [0.15, 0.2) is 57.6 Å². The van der Waals surface area contributed by atoms with Gasteiger partial charge in [-0.15, -0.1) is 0 Å². The van der Waals surface area contributed by atoms with Gasteiger partial charge in [0.1, 0.15) is 5.75 Å². The summed E-state index contributed by atoms with van der Waals surface area (Å²) in [4.78, 5) is 4.45. The minimum absolute atomic E-state index is 0.265. The molecule has 0 fully saturated rings. The molecule has 3 nitrogen and oxygen atoms in total. The molecule has 2 aromatic carbocycles. The van der Waals surface area contributed by atoms with Crippen molar-refractivity contribution in [1.82, 2.24) is 4.98 Å². The molecule has 3 rings (SSSR count). The van der Waals surface area contributed by atoms with Crippen LogP contribution in [0.3, 0.4) is 0 Å². The summed E-state index contributed by atoms with van der Waals surface area (Å²) in [5.74, 6) is 0.265. The van der Waals surface area contributed by atoms with Gasteiger partial charge >= 0.3 is 0 Å². The first-order valence-electron chi connectivity index (χ1n) is 6.39. The highest BCUT2D eigenvalue weighted by Crippen LogP contribution is 2.29. The summed E-state index contributed by atoms with van der Waals surface area (Å²) in [5.41, 5.74) is 2.69. The first kappa shape index (κ1) is 14.4. The fraction of sp³-hybridized carbons (Fsp3) is 0.0625. The minimum Gasteiger partial charge on any atom is -0.506 e. The van der Waals surface area contributed by atoms with Crippen LogP contribution in [-0.2, 0) is 6.54 Å². The highest BCUT2D eigenvalue weighted by molar-refractivity contribution is 9.10. The number of fused-ring (bicyclic) bond motifs is 1. The lowest BCUT2D eigenvalue weighted by Gasteiger charge is -2.11. The third kappa shape index (κ3) is 3.04. The molecule has 0 aliphatic heterocycles. The first-order chi connectivity index (χ1) is 10.1. The molecule has 0 amide bonds. The number of aromatic hydroxyl groups is 1. The van der Waals surface area contributed by atoms with Crippen LogP contribution in [0.5, 0.6) is 5.75 Å². The van der Waals surface area contributed by atoms with Gasteiger partial charge in [0.05, 0.1) is 15.7 Å². The van der Waals surface area contributed by atoms with Gasteiger partial charge < -0.3 is 10.4 Å². The first-order valence-corrected chi connectivity index (χ1v) is 7.98. The van der Waals surface area contributed by atoms with E-state index < -0.39 is 0 Å². The third-order valence-corrected chi connectivity index (χ3v) is 4.29. The molecule has 2 N–H and O–H groups in total. The summed E-state index contributed by atoms with van der Waals surface area (Å²) >= 11 is 6.75. The molecular weight excluding hydrogens is 396 g/mol. The van der Waals surface area contributed by atoms with Gasteiger partial charge in [-0.2, -0.15) is 0 Å². The lowest BCUT2D eigenvalue weighted by atomic mass is 10.1. The van der Waals surface area contributed by atoms with Crippen LogP contribution in [0.2, 0.25) is 0 Å². The Morgan fingerprint density at radius 2 is 1.90 bits per heavy atom. The number of hydrogen-bond donors (Lipinski definition) is 2. The van der Waals surface area contributed by atoms with Gasteiger partial charge in [-0.05, 0) is 50.1 Å². The second-order valence-electron chi connectivity index (χ2n) is 4.63. The van der Waals surface area contributed by atoms with Crippen LogP contribution in [0.4, 0.5) is 5.69 Å². The normalized spacial score (nSPS) is 10.8. The lowest BCUT2D eigenvalue weighted by molar-refractivity contribution is 0.465. The van der Waals surface area contributed by atoms with E-state index in [1.54, 1.807) is 6.20 Å². The Morgan fingerprint density at radius 1 is 1.10 bits per heavy atom. The van der Waals surface area contributed by atoms with Crippen LogP contribution in [-0.4, -0.2) is 10.1 Å². The maximum Gasteiger partial charge on any atom is 0.134 e. The summed E-state index contributed by atoms with van der Waals surface area (Å²) < 4.78 is 1.65. The Labute approximate surface area is 139 Å². The smallest absolute Gasteiger partial charge is 0.134 e. The van der Waals surface area contributed by atoms with Crippen molar-refractivity contribution in [2.75, 3.05) is 5.32 Å². The minimum atomic E-state index is 0.265. The molecule has 21 heavy (non-hydrogen) atoms. The zero-order chi connectivity index (χ0) is 14.8. The molecule has 1 heterocycles. The number of anilines is 1. The van der Waals surface area contributed by atoms with Crippen molar-refractivity contribution in [2.45, 2.75) is 6.54 Å². The molecule has 0 aliphatic rings. The highest BCUT2D eigenvalue weighted by atomic mass is 79.9. The maximum atomic E-state index is 10.0. The molecule has 0 spiro atoms. The Balaban J connectivity index is 1.90. The van der Waals surface area contributed by atoms with E-state index in [0.717, 1.165) is 26.6 Å². The second-order valence-corrected chi connectivity index (χ2v) is 6.40. The number of phenols is 1. The number of rotatable bonds is 3. The van der Waals surface area contributed by atoms with E-state index in [1.165, 1.54) is 0 Å². The summed E-state index contributed by atoms with van der Waals surface area (Å²) in [6, 6.07) is 13.6. The standard InChI is InChI=1S/C16H12Br2N2O/c17-12-7-10-3-2-6-14(15(10)20-9-12)19-8-11-4-1-5-13(18)16(11)21/h1-7,9,19,21H,8H2. The zero-order valence-electron chi connectivity index (χ0n) is 11.0. The Morgan fingerprint density at radius 3 is 2.76 bits per heavy atom. The van der Waals surface area contributed by atoms with Crippen molar-refractivity contribution < 1.29 is 5.11 Å². The number of benzene rings is 2. The molecule has 1 aromatic heterocycles. The molecule has 0 bridgehead atoms. The van der Waals surface area contributed by atoms with Crippen molar-refractivity contribution in [1.29, 1.82) is 0 Å². The van der Waals surface area contributed by atoms with Crippen LogP contribution < -0.4 is 5.32 Å². The monoisotopic (exact) mass is 406 g/mol. The zero-order valence-corrected chi connectivity index (χ0v) is 14.1. The number of aromatic nitrogens is 1. The molecule has 0 atom stereocenters. The van der Waals surface area contributed by atoms with Crippen molar-refractivity contribution >= 4 is 48.5 Å². The van der Waals surface area contributed by atoms with Gasteiger partial charge in [-0.1, -0.05) is 24.3 Å². The molecular formula is C16H12Br2N2O. The summed E-state index contributed by atoms with van der Waals surface area (Å²) in [6.07, 6.45) is 1.78. The Kier molecular flexibility index (Phi) is 4.12. The molecule has 0 saturated heterocycles. The fourth-order valence-electron chi connectivity index (χ4n) is 2.17. The average Bonchev–Trinajstić information content (AvgIpc) is 2.48. The SMILES string of the molecule is Oc1c(Br)cccc1CNc1cccc2cc(Br)cnc12. The summed E-state index contributed by atoms with van der Waals surface area (Å²) in [5, 5.41) is 14.4. The van der Waals surface area contributed by atoms with Gasteiger partial charge in [0.2, 0.25) is 0 Å². The van der Waals surface area contributed by atoms with E-state index >= 15 is 0 Å². The molecule has 5 heteroatoms. The topological polar surface area (TPSA) is 45.1 Å². The van der Waals surface area contributed by atoms with Crippen LogP contribution in [0.25, 0.3) is 10.9 Å². The number of hydrogen-bond acceptors (Lipinski definition) is 3. The van der Waals surface area contributed by atoms with Gasteiger partial charge in [0, 0.05) is 28.2 Å². The largest absolute Gasteiger partial charge is 0.506 e. The van der Waals surface area contributed by atoms with E-state index in [4.69, 9.17) is 0 Å². The molecule has 0 unspecified atom stereocenters. The number of phenolic OH excluding ortho intramolecular Hbond substituents is 1. The number of para-hydroxylation sites is 2. The van der Waals surface area contributed by atoms with E-state index in [9.17, 15) is 5.11 Å². The van der Waals surface area contributed by atoms with Crippen molar-refractivity contribution in [3.05, 3.63) is 63.2 Å². The number of pyridine rings is 1. The van der Waals surface area contributed by atoms with E-state index in [1.807, 2.05) is 42.5 Å².